The van der Waals surface area contributed by atoms with Crippen LogP contribution in [0.1, 0.15) is 39.8 Å². The number of pyridine rings is 1. The number of rotatable bonds is 2. The van der Waals surface area contributed by atoms with Crippen molar-refractivity contribution in [1.29, 1.82) is 0 Å². The number of benzene rings is 1. The largest absolute Gasteiger partial charge is 0.334 e. The first-order chi connectivity index (χ1) is 11.7. The second kappa shape index (κ2) is 5.78. The Labute approximate surface area is 141 Å². The van der Waals surface area contributed by atoms with Crippen LogP contribution in [0.15, 0.2) is 42.6 Å². The summed E-state index contributed by atoms with van der Waals surface area (Å²) < 4.78 is 2.03. The minimum absolute atomic E-state index is 0.0950. The Morgan fingerprint density at radius 1 is 1.17 bits per heavy atom. The van der Waals surface area contributed by atoms with E-state index in [9.17, 15) is 4.79 Å². The molecule has 1 aliphatic rings. The molecule has 0 saturated carbocycles. The Hall–Kier alpha value is -2.62. The normalized spacial score (nSPS) is 14.0. The molecule has 0 bridgehead atoms. The number of nitrogens with zero attached hydrogens (tertiary/aromatic N) is 3. The van der Waals surface area contributed by atoms with E-state index in [1.165, 1.54) is 11.1 Å². The lowest BCUT2D eigenvalue weighted by Crippen LogP contribution is -2.36. The van der Waals surface area contributed by atoms with Crippen LogP contribution in [0, 0.1) is 6.92 Å². The van der Waals surface area contributed by atoms with E-state index in [0.717, 1.165) is 42.0 Å². The molecule has 1 amide bonds. The summed E-state index contributed by atoms with van der Waals surface area (Å²) >= 11 is 0. The van der Waals surface area contributed by atoms with E-state index in [0.29, 0.717) is 6.54 Å². The molecule has 4 nitrogen and oxygen atoms in total. The molecule has 3 heterocycles. The number of carbonyl (C=O) groups is 1. The van der Waals surface area contributed by atoms with Gasteiger partial charge in [0, 0.05) is 25.0 Å². The highest BCUT2D eigenvalue weighted by atomic mass is 16.2. The number of fused-ring (bicyclic) bond motifs is 2. The molecule has 0 atom stereocenters. The Balaban J connectivity index is 1.65. The minimum atomic E-state index is 0.0950. The van der Waals surface area contributed by atoms with Crippen molar-refractivity contribution in [1.82, 2.24) is 14.3 Å². The summed E-state index contributed by atoms with van der Waals surface area (Å²) in [5.74, 6) is 0.0950. The Morgan fingerprint density at radius 2 is 1.96 bits per heavy atom. The molecule has 122 valence electrons. The van der Waals surface area contributed by atoms with E-state index in [2.05, 4.69) is 37.0 Å². The zero-order valence-corrected chi connectivity index (χ0v) is 14.1. The smallest absolute Gasteiger partial charge is 0.255 e. The summed E-state index contributed by atoms with van der Waals surface area (Å²) in [7, 11) is 0. The molecule has 3 aromatic rings. The van der Waals surface area contributed by atoms with Crippen LogP contribution in [0.2, 0.25) is 0 Å². The van der Waals surface area contributed by atoms with E-state index in [4.69, 9.17) is 0 Å². The lowest BCUT2D eigenvalue weighted by Gasteiger charge is -2.29. The van der Waals surface area contributed by atoms with Gasteiger partial charge in [-0.1, -0.05) is 31.2 Å². The quantitative estimate of drug-likeness (QED) is 0.726. The summed E-state index contributed by atoms with van der Waals surface area (Å²) in [4.78, 5) is 19.5. The fourth-order valence-corrected chi connectivity index (χ4v) is 3.52. The van der Waals surface area contributed by atoms with Gasteiger partial charge in [0.05, 0.1) is 11.3 Å². The molecule has 0 N–H and O–H groups in total. The highest BCUT2D eigenvalue weighted by Crippen LogP contribution is 2.21. The van der Waals surface area contributed by atoms with Gasteiger partial charge in [-0.15, -0.1) is 0 Å². The van der Waals surface area contributed by atoms with Gasteiger partial charge in [-0.2, -0.15) is 0 Å². The molecule has 0 saturated heterocycles. The van der Waals surface area contributed by atoms with E-state index < -0.39 is 0 Å². The number of hydrogen-bond acceptors (Lipinski definition) is 2. The highest BCUT2D eigenvalue weighted by molar-refractivity contribution is 5.94. The third-order valence-corrected chi connectivity index (χ3v) is 4.96. The van der Waals surface area contributed by atoms with Crippen LogP contribution < -0.4 is 0 Å². The van der Waals surface area contributed by atoms with E-state index in [-0.39, 0.29) is 5.91 Å². The fourth-order valence-electron chi connectivity index (χ4n) is 3.52. The monoisotopic (exact) mass is 319 g/mol. The Morgan fingerprint density at radius 3 is 2.75 bits per heavy atom. The molecular formula is C20H21N3O. The number of aryl methyl sites for hydroxylation is 2. The van der Waals surface area contributed by atoms with Gasteiger partial charge < -0.3 is 9.30 Å². The minimum Gasteiger partial charge on any atom is -0.334 e. The van der Waals surface area contributed by atoms with Crippen molar-refractivity contribution in [3.8, 4) is 0 Å². The number of imidazole rings is 1. The molecule has 0 radical (unpaired) electrons. The fraction of sp³-hybridized carbons (Fsp3) is 0.300. The lowest BCUT2D eigenvalue weighted by atomic mass is 9.99. The number of hydrogen-bond donors (Lipinski definition) is 0. The van der Waals surface area contributed by atoms with Crippen molar-refractivity contribution >= 4 is 11.6 Å². The van der Waals surface area contributed by atoms with Crippen LogP contribution in [0.3, 0.4) is 0 Å². The van der Waals surface area contributed by atoms with Crippen molar-refractivity contribution in [3.05, 3.63) is 70.7 Å². The second-order valence-corrected chi connectivity index (χ2v) is 6.39. The van der Waals surface area contributed by atoms with Gasteiger partial charge in [-0.3, -0.25) is 4.79 Å². The van der Waals surface area contributed by atoms with Crippen molar-refractivity contribution in [3.63, 3.8) is 0 Å². The van der Waals surface area contributed by atoms with E-state index in [1.807, 2.05) is 33.7 Å². The van der Waals surface area contributed by atoms with Crippen molar-refractivity contribution in [2.24, 2.45) is 0 Å². The summed E-state index contributed by atoms with van der Waals surface area (Å²) in [5.41, 5.74) is 6.45. The maximum Gasteiger partial charge on any atom is 0.255 e. The molecule has 4 heteroatoms. The number of aromatic nitrogens is 2. The average Bonchev–Trinajstić information content (AvgIpc) is 2.96. The van der Waals surface area contributed by atoms with E-state index in [1.54, 1.807) is 0 Å². The van der Waals surface area contributed by atoms with Crippen LogP contribution in [0.5, 0.6) is 0 Å². The molecule has 0 spiro atoms. The van der Waals surface area contributed by atoms with Crippen molar-refractivity contribution < 1.29 is 4.79 Å². The van der Waals surface area contributed by atoms with Gasteiger partial charge in [-0.05, 0) is 43.0 Å². The third kappa shape index (κ3) is 2.39. The SMILES string of the molecule is CCc1nc2ccc(C(=O)N3CCc4ccccc4C3)cn2c1C. The predicted molar refractivity (Wildman–Crippen MR) is 94.2 cm³/mol. The Kier molecular flexibility index (Phi) is 3.60. The van der Waals surface area contributed by atoms with Gasteiger partial charge in [0.25, 0.3) is 5.91 Å². The molecule has 2 aromatic heterocycles. The van der Waals surface area contributed by atoms with Gasteiger partial charge in [0.1, 0.15) is 5.65 Å². The second-order valence-electron chi connectivity index (χ2n) is 6.39. The zero-order valence-electron chi connectivity index (χ0n) is 14.1. The molecule has 4 rings (SSSR count). The predicted octanol–water partition coefficient (Wildman–Crippen LogP) is 3.40. The summed E-state index contributed by atoms with van der Waals surface area (Å²) in [6.07, 6.45) is 3.76. The van der Waals surface area contributed by atoms with Gasteiger partial charge in [0.15, 0.2) is 0 Å². The Bertz CT molecular complexity index is 926. The number of carbonyl (C=O) groups excluding carboxylic acids is 1. The van der Waals surface area contributed by atoms with Crippen LogP contribution >= 0.6 is 0 Å². The van der Waals surface area contributed by atoms with Crippen LogP contribution in [-0.2, 0) is 19.4 Å². The molecule has 1 aromatic carbocycles. The zero-order chi connectivity index (χ0) is 16.7. The molecule has 0 aliphatic carbocycles. The summed E-state index contributed by atoms with van der Waals surface area (Å²) in [5, 5.41) is 0. The van der Waals surface area contributed by atoms with Crippen LogP contribution in [-0.4, -0.2) is 26.7 Å². The first kappa shape index (κ1) is 14.9. The van der Waals surface area contributed by atoms with Gasteiger partial charge >= 0.3 is 0 Å². The van der Waals surface area contributed by atoms with Crippen molar-refractivity contribution in [2.45, 2.75) is 33.2 Å². The third-order valence-electron chi connectivity index (χ3n) is 4.96. The first-order valence-electron chi connectivity index (χ1n) is 8.51. The standard InChI is InChI=1S/C20H21N3O/c1-3-18-14(2)23-13-17(8-9-19(23)21-18)20(24)22-11-10-15-6-4-5-7-16(15)12-22/h4-9,13H,3,10-12H2,1-2H3. The highest BCUT2D eigenvalue weighted by Gasteiger charge is 2.22. The van der Waals surface area contributed by atoms with Gasteiger partial charge in [-0.25, -0.2) is 4.98 Å². The molecular weight excluding hydrogens is 298 g/mol. The summed E-state index contributed by atoms with van der Waals surface area (Å²) in [6.45, 7) is 5.63. The van der Waals surface area contributed by atoms with E-state index >= 15 is 0 Å². The van der Waals surface area contributed by atoms with Gasteiger partial charge in [0.2, 0.25) is 0 Å². The summed E-state index contributed by atoms with van der Waals surface area (Å²) in [6, 6.07) is 12.2. The maximum absolute atomic E-state index is 12.9. The van der Waals surface area contributed by atoms with Crippen molar-refractivity contribution in [2.75, 3.05) is 6.54 Å². The molecule has 1 aliphatic heterocycles. The molecule has 24 heavy (non-hydrogen) atoms. The molecule has 0 fully saturated rings. The lowest BCUT2D eigenvalue weighted by molar-refractivity contribution is 0.0734. The molecule has 0 unspecified atom stereocenters. The average molecular weight is 319 g/mol. The van der Waals surface area contributed by atoms with Crippen LogP contribution in [0.4, 0.5) is 0 Å². The van der Waals surface area contributed by atoms with Crippen LogP contribution in [0.25, 0.3) is 5.65 Å². The number of amides is 1. The topological polar surface area (TPSA) is 37.6 Å². The first-order valence-corrected chi connectivity index (χ1v) is 8.51. The maximum atomic E-state index is 12.9.